The molecule has 0 radical (unpaired) electrons. The number of urea groups is 1. The zero-order chi connectivity index (χ0) is 53.1. The lowest BCUT2D eigenvalue weighted by molar-refractivity contribution is -0.432. The molecule has 0 aliphatic carbocycles. The van der Waals surface area contributed by atoms with Crippen LogP contribution >= 0.6 is 24.1 Å². The van der Waals surface area contributed by atoms with Gasteiger partial charge in [0.05, 0.1) is 39.6 Å². The highest BCUT2D eigenvalue weighted by atomic mass is 32.2. The molecule has 0 unspecified atom stereocenters. The zero-order valence-electron chi connectivity index (χ0n) is 36.4. The van der Waals surface area contributed by atoms with Gasteiger partial charge in [-0.25, -0.2) is 15.3 Å². The number of benzene rings is 7. The molecule has 0 heterocycles. The van der Waals surface area contributed by atoms with Crippen LogP contribution < -0.4 is 11.1 Å². The molecule has 7 aromatic carbocycles. The van der Waals surface area contributed by atoms with Crippen molar-refractivity contribution in [3.8, 4) is 5.75 Å². The lowest BCUT2D eigenvalue weighted by atomic mass is 10.0. The molecule has 7 aromatic rings. The van der Waals surface area contributed by atoms with Crippen LogP contribution in [-0.2, 0) is 59.2 Å². The van der Waals surface area contributed by atoms with Gasteiger partial charge in [0.1, 0.15) is 37.4 Å². The van der Waals surface area contributed by atoms with Crippen molar-refractivity contribution in [3.63, 3.8) is 0 Å². The summed E-state index contributed by atoms with van der Waals surface area (Å²) >= 11 is 0.731. The van der Waals surface area contributed by atoms with Crippen molar-refractivity contribution in [2.24, 2.45) is 26.2 Å². The fourth-order valence-corrected chi connectivity index (χ4v) is 10.8. The Morgan fingerprint density at radius 2 is 1.24 bits per heavy atom. The fraction of sp³-hybridized carbons (Fsp3) is 0.0750. The number of aryl methyl sites for hydroxylation is 3. The third kappa shape index (κ3) is 12.8. The minimum Gasteiger partial charge on any atom is -0.505 e. The number of aromatic hydroxyl groups is 1. The second kappa shape index (κ2) is 21.8. The molecule has 32 heteroatoms. The molecule has 0 aliphatic rings. The summed E-state index contributed by atoms with van der Waals surface area (Å²) in [7, 11) is -19.1. The number of phenolic OH excluding ortho intramolecular Hbond substituents is 1. The number of amides is 2. The first-order chi connectivity index (χ1) is 33.6. The summed E-state index contributed by atoms with van der Waals surface area (Å²) in [5.74, 6) is -0.491. The molecule has 380 valence electrons. The van der Waals surface area contributed by atoms with E-state index in [2.05, 4.69) is 44.5 Å². The van der Waals surface area contributed by atoms with E-state index >= 15 is 0 Å². The maximum atomic E-state index is 12.3. The molecule has 26 nitrogen and oxygen atoms in total. The Morgan fingerprint density at radius 3 is 1.86 bits per heavy atom. The van der Waals surface area contributed by atoms with Crippen LogP contribution in [-0.4, -0.2) is 73.5 Å². The van der Waals surface area contributed by atoms with E-state index in [1.54, 1.807) is 38.1 Å². The molecule has 7 rings (SSSR count). The first-order valence-electron chi connectivity index (χ1n) is 19.3. The summed E-state index contributed by atoms with van der Waals surface area (Å²) in [4.78, 5) is 8.91. The molecule has 0 aliphatic heterocycles. The average molecular weight is 1110 g/mol. The van der Waals surface area contributed by atoms with E-state index in [-0.39, 0.29) is 65.0 Å². The quantitative estimate of drug-likeness (QED) is 0.0151. The summed E-state index contributed by atoms with van der Waals surface area (Å²) in [6.45, 7) is 4.99. The Hall–Kier alpha value is -6.31. The Labute approximate surface area is 415 Å². The van der Waals surface area contributed by atoms with Crippen molar-refractivity contribution >= 4 is 131 Å². The summed E-state index contributed by atoms with van der Waals surface area (Å²) in [5.41, 5.74) is 6.17. The molecule has 0 bridgehead atoms. The standard InChI is InChI=1S/C22H18N2O10S3.C18H16N4O10S3/c1-11-4-3-5-16-15(11)6-7-17(22(16)37(30,31)32)23-24-20-18(35-34-33-26)10-13-9-14(36(27,28)29)8-12(2)19(13)21(20)25;1-9-2-3-13(14(4-9)20-18(19)23)21-22-15-8-12-10(6-17(15)35(28,29)30)5-11(33-32-31-24)7-16(12)34(25,26)27/h3-10,25-26H,1-2H3,(H,27,28,29)(H,30,31,32);2-8,24H,1H3,(H3,19,20,23)(H,25,26,27)(H,28,29,30). The van der Waals surface area contributed by atoms with E-state index in [1.807, 2.05) is 0 Å². The molecule has 0 fully saturated rings. The highest BCUT2D eigenvalue weighted by Gasteiger charge is 2.25. The SMILES string of the molecule is Cc1ccc(N=Nc2cc3c(S(=O)(=O)O)cc(SOOO)cc3cc2S(=O)(=O)O)c(NC(N)=O)c1.Cc1cccc2c(S(=O)(=O)O)c(N=Nc3c(SOOO)cc4cc(S(=O)(=O)O)cc(C)c4c3O)ccc12. The Bertz CT molecular complexity index is 3860. The molecular formula is C40H34N6O20S6. The Balaban J connectivity index is 0.000000236. The molecule has 0 saturated heterocycles. The number of hydrogen-bond acceptors (Lipinski definition) is 22. The van der Waals surface area contributed by atoms with E-state index in [4.69, 9.17) is 16.2 Å². The molecular weight excluding hydrogens is 1080 g/mol. The van der Waals surface area contributed by atoms with Crippen LogP contribution in [0.2, 0.25) is 0 Å². The lowest BCUT2D eigenvalue weighted by Gasteiger charge is -2.12. The van der Waals surface area contributed by atoms with E-state index < -0.39 is 77.5 Å². The zero-order valence-corrected chi connectivity index (χ0v) is 41.3. The van der Waals surface area contributed by atoms with E-state index in [1.165, 1.54) is 43.3 Å². The van der Waals surface area contributed by atoms with Gasteiger partial charge in [-0.1, -0.05) is 40.4 Å². The third-order valence-electron chi connectivity index (χ3n) is 9.86. The van der Waals surface area contributed by atoms with Crippen LogP contribution in [0.5, 0.6) is 5.75 Å². The summed E-state index contributed by atoms with van der Waals surface area (Å²) in [6.07, 6.45) is 0. The minimum atomic E-state index is -4.90. The van der Waals surface area contributed by atoms with Gasteiger partial charge < -0.3 is 16.2 Å². The predicted molar refractivity (Wildman–Crippen MR) is 256 cm³/mol. The highest BCUT2D eigenvalue weighted by Crippen LogP contribution is 2.46. The van der Waals surface area contributed by atoms with Crippen LogP contribution in [0, 0.1) is 20.8 Å². The number of phenols is 1. The number of rotatable bonds is 15. The topological polar surface area (TPSA) is 420 Å². The highest BCUT2D eigenvalue weighted by molar-refractivity contribution is 7.95. The Kier molecular flexibility index (Phi) is 16.7. The van der Waals surface area contributed by atoms with Crippen LogP contribution in [0.4, 0.5) is 33.2 Å². The smallest absolute Gasteiger partial charge is 0.316 e. The molecule has 0 atom stereocenters. The van der Waals surface area contributed by atoms with Gasteiger partial charge in [0.2, 0.25) is 0 Å². The number of fused-ring (bicyclic) bond motifs is 3. The molecule has 2 amide bonds. The van der Waals surface area contributed by atoms with Gasteiger partial charge in [0, 0.05) is 21.1 Å². The number of azo groups is 2. The maximum Gasteiger partial charge on any atom is 0.316 e. The van der Waals surface area contributed by atoms with Crippen molar-refractivity contribution in [3.05, 3.63) is 108 Å². The number of anilines is 1. The van der Waals surface area contributed by atoms with E-state index in [0.717, 1.165) is 41.5 Å². The summed E-state index contributed by atoms with van der Waals surface area (Å²) in [6, 6.07) is 19.2. The van der Waals surface area contributed by atoms with Crippen LogP contribution in [0.1, 0.15) is 16.7 Å². The van der Waals surface area contributed by atoms with Gasteiger partial charge in [-0.15, -0.1) is 29.1 Å². The van der Waals surface area contributed by atoms with Gasteiger partial charge in [-0.2, -0.15) is 33.7 Å². The predicted octanol–water partition coefficient (Wildman–Crippen LogP) is 9.63. The van der Waals surface area contributed by atoms with Gasteiger partial charge in [-0.3, -0.25) is 18.2 Å². The number of carbonyl (C=O) groups is 1. The number of nitrogens with one attached hydrogen (secondary N) is 1. The average Bonchev–Trinajstić information content (AvgIpc) is 3.27. The molecule has 10 N–H and O–H groups in total. The van der Waals surface area contributed by atoms with Crippen molar-refractivity contribution in [1.82, 2.24) is 0 Å². The summed E-state index contributed by atoms with van der Waals surface area (Å²) in [5, 5.41) is 53.8. The Morgan fingerprint density at radius 1 is 0.597 bits per heavy atom. The monoisotopic (exact) mass is 1110 g/mol. The third-order valence-corrected chi connectivity index (χ3v) is 14.6. The van der Waals surface area contributed by atoms with Crippen molar-refractivity contribution in [2.75, 3.05) is 5.32 Å². The maximum absolute atomic E-state index is 12.3. The van der Waals surface area contributed by atoms with Crippen LogP contribution in [0.3, 0.4) is 0 Å². The van der Waals surface area contributed by atoms with Crippen LogP contribution in [0.25, 0.3) is 32.3 Å². The van der Waals surface area contributed by atoms with Gasteiger partial charge in [-0.05, 0) is 114 Å². The second-order valence-corrected chi connectivity index (χ2v) is 21.8. The fourth-order valence-electron chi connectivity index (χ4n) is 6.95. The normalized spacial score (nSPS) is 12.5. The van der Waals surface area contributed by atoms with Crippen molar-refractivity contribution < 1.29 is 91.0 Å². The van der Waals surface area contributed by atoms with Gasteiger partial charge in [0.25, 0.3) is 40.5 Å². The van der Waals surface area contributed by atoms with E-state index in [9.17, 15) is 61.8 Å². The van der Waals surface area contributed by atoms with Crippen molar-refractivity contribution in [2.45, 2.75) is 50.1 Å². The number of carbonyl (C=O) groups excluding carboxylic acids is 1. The van der Waals surface area contributed by atoms with E-state index in [0.29, 0.717) is 29.5 Å². The lowest BCUT2D eigenvalue weighted by Crippen LogP contribution is -2.19. The first-order valence-corrected chi connectivity index (χ1v) is 26.5. The number of nitrogens with zero attached hydrogens (tertiary/aromatic N) is 4. The van der Waals surface area contributed by atoms with Gasteiger partial charge >= 0.3 is 6.03 Å². The molecule has 0 spiro atoms. The molecule has 72 heavy (non-hydrogen) atoms. The van der Waals surface area contributed by atoms with Crippen LogP contribution in [0.15, 0.2) is 141 Å². The number of primary amides is 1. The number of hydrogen-bond donors (Lipinski definition) is 9. The van der Waals surface area contributed by atoms with Gasteiger partial charge in [0.15, 0.2) is 5.75 Å². The molecule has 0 aromatic heterocycles. The second-order valence-electron chi connectivity index (χ2n) is 14.7. The number of nitrogens with two attached hydrogens (primary N) is 1. The first kappa shape index (κ1) is 55.0. The summed E-state index contributed by atoms with van der Waals surface area (Å²) < 4.78 is 143. The van der Waals surface area contributed by atoms with Crippen molar-refractivity contribution in [1.29, 1.82) is 0 Å². The largest absolute Gasteiger partial charge is 0.505 e. The molecule has 0 saturated carbocycles. The minimum absolute atomic E-state index is 0.0170.